The Morgan fingerprint density at radius 3 is 2.80 bits per heavy atom. The number of aromatic nitrogens is 4. The van der Waals surface area contributed by atoms with Crippen molar-refractivity contribution < 1.29 is 9.90 Å². The molecule has 0 aliphatic rings. The van der Waals surface area contributed by atoms with Crippen LogP contribution in [0.2, 0.25) is 0 Å². The number of nitrogens with one attached hydrogen (secondary N) is 1. The zero-order valence-electron chi connectivity index (χ0n) is 11.6. The summed E-state index contributed by atoms with van der Waals surface area (Å²) < 4.78 is 1.88. The molecular weight excluding hydrogens is 258 g/mol. The van der Waals surface area contributed by atoms with E-state index in [4.69, 9.17) is 0 Å². The number of amides is 1. The van der Waals surface area contributed by atoms with Gasteiger partial charge in [0.1, 0.15) is 12.1 Å². The van der Waals surface area contributed by atoms with Crippen LogP contribution in [0.15, 0.2) is 24.7 Å². The third-order valence-corrected chi connectivity index (χ3v) is 2.89. The minimum absolute atomic E-state index is 0.00466. The summed E-state index contributed by atoms with van der Waals surface area (Å²) in [6.45, 7) is 5.82. The molecule has 0 saturated heterocycles. The third-order valence-electron chi connectivity index (χ3n) is 2.89. The largest absolute Gasteiger partial charge is 0.505 e. The number of hydrogen-bond donors (Lipinski definition) is 2. The van der Waals surface area contributed by atoms with Gasteiger partial charge in [0.2, 0.25) is 0 Å². The molecule has 2 aromatic heterocycles. The average molecular weight is 275 g/mol. The van der Waals surface area contributed by atoms with Gasteiger partial charge in [0.05, 0.1) is 6.04 Å². The van der Waals surface area contributed by atoms with Gasteiger partial charge in [-0.3, -0.25) is 4.79 Å². The van der Waals surface area contributed by atoms with E-state index < -0.39 is 5.91 Å². The summed E-state index contributed by atoms with van der Waals surface area (Å²) in [5, 5.41) is 20.2. The average Bonchev–Trinajstić information content (AvgIpc) is 2.88. The molecule has 0 radical (unpaired) electrons. The van der Waals surface area contributed by atoms with Crippen LogP contribution < -0.4 is 5.32 Å². The summed E-state index contributed by atoms with van der Waals surface area (Å²) in [6, 6.07) is 2.84. The lowest BCUT2D eigenvalue weighted by atomic mass is 10.2. The lowest BCUT2D eigenvalue weighted by molar-refractivity contribution is 0.0929. The Kier molecular flexibility index (Phi) is 3.97. The van der Waals surface area contributed by atoms with E-state index in [1.807, 2.05) is 18.4 Å². The van der Waals surface area contributed by atoms with Crippen LogP contribution in [-0.4, -0.2) is 30.8 Å². The minimum atomic E-state index is -0.450. The lowest BCUT2D eigenvalue weighted by Crippen LogP contribution is -2.29. The molecule has 0 spiro atoms. The van der Waals surface area contributed by atoms with Gasteiger partial charge in [-0.2, -0.15) is 0 Å². The Labute approximate surface area is 116 Å². The van der Waals surface area contributed by atoms with E-state index in [-0.39, 0.29) is 23.5 Å². The molecule has 0 bridgehead atoms. The number of aromatic hydroxyl groups is 1. The first-order valence-corrected chi connectivity index (χ1v) is 6.35. The van der Waals surface area contributed by atoms with E-state index in [9.17, 15) is 9.90 Å². The number of carbonyl (C=O) groups excluding carboxylic acids is 1. The summed E-state index contributed by atoms with van der Waals surface area (Å²) in [4.78, 5) is 15.9. The summed E-state index contributed by atoms with van der Waals surface area (Å²) in [6.07, 6.45) is 3.08. The van der Waals surface area contributed by atoms with Gasteiger partial charge in [0.15, 0.2) is 11.5 Å². The highest BCUT2D eigenvalue weighted by Gasteiger charge is 2.20. The zero-order valence-corrected chi connectivity index (χ0v) is 11.6. The Bertz CT molecular complexity index is 608. The van der Waals surface area contributed by atoms with Crippen LogP contribution in [0.4, 0.5) is 0 Å². The van der Waals surface area contributed by atoms with Crippen molar-refractivity contribution in [1.29, 1.82) is 0 Å². The van der Waals surface area contributed by atoms with Gasteiger partial charge in [0.25, 0.3) is 5.91 Å². The van der Waals surface area contributed by atoms with Crippen molar-refractivity contribution in [3.63, 3.8) is 0 Å². The van der Waals surface area contributed by atoms with Crippen molar-refractivity contribution in [3.8, 4) is 5.75 Å². The minimum Gasteiger partial charge on any atom is -0.505 e. The summed E-state index contributed by atoms with van der Waals surface area (Å²) in [7, 11) is 0. The fourth-order valence-corrected chi connectivity index (χ4v) is 1.86. The van der Waals surface area contributed by atoms with Crippen LogP contribution in [-0.2, 0) is 0 Å². The van der Waals surface area contributed by atoms with Crippen LogP contribution >= 0.6 is 0 Å². The monoisotopic (exact) mass is 275 g/mol. The first-order valence-electron chi connectivity index (χ1n) is 6.35. The molecule has 0 aliphatic carbocycles. The fourth-order valence-electron chi connectivity index (χ4n) is 1.86. The van der Waals surface area contributed by atoms with E-state index in [1.54, 1.807) is 19.3 Å². The van der Waals surface area contributed by atoms with Crippen LogP contribution in [0.1, 0.15) is 49.2 Å². The Hall–Kier alpha value is -2.44. The second kappa shape index (κ2) is 5.68. The van der Waals surface area contributed by atoms with Gasteiger partial charge >= 0.3 is 0 Å². The third kappa shape index (κ3) is 2.76. The maximum absolute atomic E-state index is 12.1. The Morgan fingerprint density at radius 1 is 1.40 bits per heavy atom. The van der Waals surface area contributed by atoms with Gasteiger partial charge < -0.3 is 15.0 Å². The lowest BCUT2D eigenvalue weighted by Gasteiger charge is -2.16. The predicted molar refractivity (Wildman–Crippen MR) is 72.2 cm³/mol. The Morgan fingerprint density at radius 2 is 2.15 bits per heavy atom. The van der Waals surface area contributed by atoms with Crippen LogP contribution in [0.25, 0.3) is 0 Å². The highest BCUT2D eigenvalue weighted by Crippen LogP contribution is 2.17. The van der Waals surface area contributed by atoms with E-state index in [0.29, 0.717) is 5.82 Å². The molecule has 0 unspecified atom stereocenters. The van der Waals surface area contributed by atoms with Crippen LogP contribution in [0, 0.1) is 0 Å². The number of carbonyl (C=O) groups is 1. The van der Waals surface area contributed by atoms with Crippen LogP contribution in [0.3, 0.4) is 0 Å². The second-order valence-electron chi connectivity index (χ2n) is 4.76. The first kappa shape index (κ1) is 14.0. The SMILES string of the molecule is CC(C)n1cnnc1[C@@H](C)NC(=O)c1ncccc1O. The highest BCUT2D eigenvalue weighted by molar-refractivity contribution is 5.94. The summed E-state index contributed by atoms with van der Waals surface area (Å²) in [5.74, 6) is 0.0557. The highest BCUT2D eigenvalue weighted by atomic mass is 16.3. The molecule has 2 aromatic rings. The van der Waals surface area contributed by atoms with Gasteiger partial charge in [-0.05, 0) is 32.9 Å². The fraction of sp³-hybridized carbons (Fsp3) is 0.385. The number of hydrogen-bond acceptors (Lipinski definition) is 5. The summed E-state index contributed by atoms with van der Waals surface area (Å²) in [5.41, 5.74) is -0.00466. The van der Waals surface area contributed by atoms with Crippen molar-refractivity contribution in [2.45, 2.75) is 32.9 Å². The molecular formula is C13H17N5O2. The van der Waals surface area contributed by atoms with Crippen molar-refractivity contribution in [2.75, 3.05) is 0 Å². The standard InChI is InChI=1S/C13H17N5O2/c1-8(2)18-7-15-17-12(18)9(3)16-13(20)11-10(19)5-4-6-14-11/h4-9,19H,1-3H3,(H,16,20)/t9-/m1/s1. The van der Waals surface area contributed by atoms with Gasteiger partial charge in [-0.1, -0.05) is 0 Å². The molecule has 0 fully saturated rings. The maximum atomic E-state index is 12.1. The normalized spacial score (nSPS) is 12.4. The van der Waals surface area contributed by atoms with E-state index >= 15 is 0 Å². The van der Waals surface area contributed by atoms with Crippen molar-refractivity contribution in [1.82, 2.24) is 25.1 Å². The molecule has 0 saturated carbocycles. The molecule has 7 nitrogen and oxygen atoms in total. The van der Waals surface area contributed by atoms with Gasteiger partial charge in [-0.25, -0.2) is 4.98 Å². The topological polar surface area (TPSA) is 92.9 Å². The molecule has 0 aliphatic heterocycles. The molecule has 106 valence electrons. The molecule has 20 heavy (non-hydrogen) atoms. The van der Waals surface area contributed by atoms with E-state index in [0.717, 1.165) is 0 Å². The summed E-state index contributed by atoms with van der Waals surface area (Å²) >= 11 is 0. The van der Waals surface area contributed by atoms with Gasteiger partial charge in [0, 0.05) is 12.2 Å². The zero-order chi connectivity index (χ0) is 14.7. The molecule has 2 heterocycles. The first-order chi connectivity index (χ1) is 9.50. The van der Waals surface area contributed by atoms with Crippen molar-refractivity contribution in [2.24, 2.45) is 0 Å². The number of nitrogens with zero attached hydrogens (tertiary/aromatic N) is 4. The maximum Gasteiger partial charge on any atom is 0.274 e. The van der Waals surface area contributed by atoms with Gasteiger partial charge in [-0.15, -0.1) is 10.2 Å². The van der Waals surface area contributed by atoms with E-state index in [1.165, 1.54) is 12.3 Å². The van der Waals surface area contributed by atoms with E-state index in [2.05, 4.69) is 20.5 Å². The predicted octanol–water partition coefficient (Wildman–Crippen LogP) is 1.45. The number of rotatable bonds is 4. The van der Waals surface area contributed by atoms with Crippen molar-refractivity contribution in [3.05, 3.63) is 36.2 Å². The molecule has 2 rings (SSSR count). The quantitative estimate of drug-likeness (QED) is 0.881. The molecule has 2 N–H and O–H groups in total. The molecule has 0 aromatic carbocycles. The molecule has 7 heteroatoms. The molecule has 1 atom stereocenters. The van der Waals surface area contributed by atoms with Crippen molar-refractivity contribution >= 4 is 5.91 Å². The van der Waals surface area contributed by atoms with Crippen LogP contribution in [0.5, 0.6) is 5.75 Å². The molecule has 1 amide bonds. The number of pyridine rings is 1. The Balaban J connectivity index is 2.16. The second-order valence-corrected chi connectivity index (χ2v) is 4.76. The smallest absolute Gasteiger partial charge is 0.274 e.